The van der Waals surface area contributed by atoms with Crippen molar-refractivity contribution in [2.45, 2.75) is 6.54 Å². The Bertz CT molecular complexity index is 1240. The molecule has 29 heavy (non-hydrogen) atoms. The quantitative estimate of drug-likeness (QED) is 0.483. The van der Waals surface area contributed by atoms with Gasteiger partial charge in [-0.3, -0.25) is 14.2 Å². The topological polar surface area (TPSA) is 73.2 Å². The molecular formula is C22H16BrN3O3. The highest BCUT2D eigenvalue weighted by Gasteiger charge is 2.09. The second-order valence-corrected chi connectivity index (χ2v) is 7.25. The average molecular weight is 450 g/mol. The van der Waals surface area contributed by atoms with Gasteiger partial charge in [0.1, 0.15) is 18.0 Å². The van der Waals surface area contributed by atoms with Crippen molar-refractivity contribution in [2.75, 3.05) is 5.32 Å². The summed E-state index contributed by atoms with van der Waals surface area (Å²) in [5.74, 6) is 0.972. The van der Waals surface area contributed by atoms with E-state index in [1.807, 2.05) is 36.4 Å². The van der Waals surface area contributed by atoms with Gasteiger partial charge in [-0.1, -0.05) is 40.2 Å². The molecule has 0 bridgehead atoms. The summed E-state index contributed by atoms with van der Waals surface area (Å²) in [5.41, 5.74) is 0.890. The first-order valence-corrected chi connectivity index (χ1v) is 9.65. The van der Waals surface area contributed by atoms with Gasteiger partial charge in [-0.2, -0.15) is 0 Å². The summed E-state index contributed by atoms with van der Waals surface area (Å²) in [5, 5.41) is 3.24. The zero-order valence-corrected chi connectivity index (χ0v) is 16.8. The van der Waals surface area contributed by atoms with Crippen LogP contribution in [0.2, 0.25) is 0 Å². The lowest BCUT2D eigenvalue weighted by Gasteiger charge is -2.10. The molecule has 7 heteroatoms. The van der Waals surface area contributed by atoms with Crippen LogP contribution in [0.3, 0.4) is 0 Å². The number of nitrogens with one attached hydrogen (secondary N) is 1. The van der Waals surface area contributed by atoms with E-state index in [0.717, 1.165) is 4.47 Å². The van der Waals surface area contributed by atoms with Crippen LogP contribution in [0.5, 0.6) is 11.5 Å². The number of amides is 1. The number of hydrogen-bond donors (Lipinski definition) is 1. The first-order chi connectivity index (χ1) is 14.1. The Labute approximate surface area is 174 Å². The minimum Gasteiger partial charge on any atom is -0.457 e. The molecule has 1 amide bonds. The van der Waals surface area contributed by atoms with E-state index >= 15 is 0 Å². The lowest BCUT2D eigenvalue weighted by Crippen LogP contribution is -2.27. The van der Waals surface area contributed by atoms with Gasteiger partial charge in [0.2, 0.25) is 5.91 Å². The Morgan fingerprint density at radius 1 is 1.00 bits per heavy atom. The zero-order chi connectivity index (χ0) is 20.2. The predicted octanol–water partition coefficient (Wildman–Crippen LogP) is 4.59. The summed E-state index contributed by atoms with van der Waals surface area (Å²) in [7, 11) is 0. The number of anilines is 1. The lowest BCUT2D eigenvalue weighted by molar-refractivity contribution is -0.116. The number of nitrogens with zero attached hydrogens (tertiary/aromatic N) is 2. The first kappa shape index (κ1) is 18.9. The van der Waals surface area contributed by atoms with Crippen LogP contribution >= 0.6 is 15.9 Å². The minimum absolute atomic E-state index is 0.141. The fraction of sp³-hybridized carbons (Fsp3) is 0.0455. The number of hydrogen-bond acceptors (Lipinski definition) is 4. The third-order valence-electron chi connectivity index (χ3n) is 4.20. The van der Waals surface area contributed by atoms with Gasteiger partial charge in [-0.15, -0.1) is 0 Å². The number of ether oxygens (including phenoxy) is 1. The van der Waals surface area contributed by atoms with Gasteiger partial charge in [-0.25, -0.2) is 4.98 Å². The van der Waals surface area contributed by atoms with Gasteiger partial charge >= 0.3 is 0 Å². The molecule has 144 valence electrons. The standard InChI is InChI=1S/C22H16BrN3O3/c23-15-9-10-20-19(11-15)22(28)26(14-24-20)13-21(27)25-16-5-4-8-18(12-16)29-17-6-2-1-3-7-17/h1-12,14H,13H2,(H,25,27). The van der Waals surface area contributed by atoms with Crippen molar-refractivity contribution in [1.82, 2.24) is 9.55 Å². The minimum atomic E-state index is -0.333. The smallest absolute Gasteiger partial charge is 0.261 e. The van der Waals surface area contributed by atoms with E-state index < -0.39 is 0 Å². The van der Waals surface area contributed by atoms with E-state index in [1.54, 1.807) is 36.4 Å². The number of carbonyl (C=O) groups excluding carboxylic acids is 1. The van der Waals surface area contributed by atoms with Gasteiger partial charge in [0.05, 0.1) is 17.2 Å². The molecule has 4 rings (SSSR count). The first-order valence-electron chi connectivity index (χ1n) is 8.86. The van der Waals surface area contributed by atoms with E-state index in [9.17, 15) is 9.59 Å². The summed E-state index contributed by atoms with van der Waals surface area (Å²) in [6, 6.07) is 21.7. The maximum absolute atomic E-state index is 12.6. The summed E-state index contributed by atoms with van der Waals surface area (Å²) in [4.78, 5) is 29.3. The van der Waals surface area contributed by atoms with Crippen LogP contribution in [0.15, 0.2) is 88.4 Å². The maximum Gasteiger partial charge on any atom is 0.261 e. The van der Waals surface area contributed by atoms with Gasteiger partial charge in [0.25, 0.3) is 5.56 Å². The highest BCUT2D eigenvalue weighted by atomic mass is 79.9. The Hall–Kier alpha value is -3.45. The van der Waals surface area contributed by atoms with Gasteiger partial charge < -0.3 is 10.1 Å². The fourth-order valence-electron chi connectivity index (χ4n) is 2.86. The Morgan fingerprint density at radius 3 is 2.62 bits per heavy atom. The highest BCUT2D eigenvalue weighted by Crippen LogP contribution is 2.23. The molecule has 0 spiro atoms. The molecule has 0 aliphatic heterocycles. The molecule has 0 aliphatic carbocycles. The normalized spacial score (nSPS) is 10.7. The molecule has 0 saturated carbocycles. The largest absolute Gasteiger partial charge is 0.457 e. The van der Waals surface area contributed by atoms with Crippen LogP contribution in [-0.4, -0.2) is 15.5 Å². The van der Waals surface area contributed by atoms with Crippen molar-refractivity contribution in [3.63, 3.8) is 0 Å². The molecule has 1 N–H and O–H groups in total. The molecule has 1 heterocycles. The zero-order valence-electron chi connectivity index (χ0n) is 15.2. The van der Waals surface area contributed by atoms with Crippen molar-refractivity contribution in [2.24, 2.45) is 0 Å². The second-order valence-electron chi connectivity index (χ2n) is 6.33. The average Bonchev–Trinajstić information content (AvgIpc) is 2.71. The third-order valence-corrected chi connectivity index (χ3v) is 4.69. The van der Waals surface area contributed by atoms with Gasteiger partial charge in [0, 0.05) is 16.2 Å². The molecule has 3 aromatic carbocycles. The monoisotopic (exact) mass is 449 g/mol. The lowest BCUT2D eigenvalue weighted by atomic mass is 10.2. The van der Waals surface area contributed by atoms with Gasteiger partial charge in [-0.05, 0) is 42.5 Å². The van der Waals surface area contributed by atoms with E-state index in [-0.39, 0.29) is 18.0 Å². The number of fused-ring (bicyclic) bond motifs is 1. The number of benzene rings is 3. The summed E-state index contributed by atoms with van der Waals surface area (Å²) >= 11 is 3.35. The van der Waals surface area contributed by atoms with Crippen molar-refractivity contribution >= 4 is 38.4 Å². The molecule has 1 aromatic heterocycles. The molecule has 6 nitrogen and oxygen atoms in total. The van der Waals surface area contributed by atoms with Crippen molar-refractivity contribution in [1.29, 1.82) is 0 Å². The van der Waals surface area contributed by atoms with E-state index in [2.05, 4.69) is 26.2 Å². The van der Waals surface area contributed by atoms with Gasteiger partial charge in [0.15, 0.2) is 0 Å². The Balaban J connectivity index is 1.49. The molecule has 0 radical (unpaired) electrons. The van der Waals surface area contributed by atoms with Crippen LogP contribution in [0.4, 0.5) is 5.69 Å². The third kappa shape index (κ3) is 4.52. The molecule has 4 aromatic rings. The van der Waals surface area contributed by atoms with Crippen LogP contribution in [0, 0.1) is 0 Å². The van der Waals surface area contributed by atoms with E-state index in [0.29, 0.717) is 28.1 Å². The van der Waals surface area contributed by atoms with Crippen molar-refractivity contribution in [3.05, 3.63) is 94.0 Å². The fourth-order valence-corrected chi connectivity index (χ4v) is 3.22. The summed E-state index contributed by atoms with van der Waals surface area (Å²) in [6.07, 6.45) is 1.38. The van der Waals surface area contributed by atoms with Crippen LogP contribution in [-0.2, 0) is 11.3 Å². The van der Waals surface area contributed by atoms with Crippen molar-refractivity contribution < 1.29 is 9.53 Å². The molecule has 0 saturated heterocycles. The Kier molecular flexibility index (Phi) is 5.39. The molecule has 0 fully saturated rings. The predicted molar refractivity (Wildman–Crippen MR) is 115 cm³/mol. The molecule has 0 unspecified atom stereocenters. The summed E-state index contributed by atoms with van der Waals surface area (Å²) < 4.78 is 7.84. The number of aromatic nitrogens is 2. The molecular weight excluding hydrogens is 434 g/mol. The van der Waals surface area contributed by atoms with Crippen LogP contribution < -0.4 is 15.6 Å². The SMILES string of the molecule is O=C(Cn1cnc2ccc(Br)cc2c1=O)Nc1cccc(Oc2ccccc2)c1. The maximum atomic E-state index is 12.6. The number of halogens is 1. The second kappa shape index (κ2) is 8.28. The summed E-state index contributed by atoms with van der Waals surface area (Å²) in [6.45, 7) is -0.141. The van der Waals surface area contributed by atoms with Crippen LogP contribution in [0.1, 0.15) is 0 Å². The highest BCUT2D eigenvalue weighted by molar-refractivity contribution is 9.10. The number of para-hydroxylation sites is 1. The molecule has 0 atom stereocenters. The number of carbonyl (C=O) groups is 1. The Morgan fingerprint density at radius 2 is 1.79 bits per heavy atom. The van der Waals surface area contributed by atoms with E-state index in [4.69, 9.17) is 4.74 Å². The van der Waals surface area contributed by atoms with Crippen molar-refractivity contribution in [3.8, 4) is 11.5 Å². The van der Waals surface area contributed by atoms with E-state index in [1.165, 1.54) is 10.9 Å². The number of rotatable bonds is 5. The molecule has 0 aliphatic rings. The van der Waals surface area contributed by atoms with Crippen LogP contribution in [0.25, 0.3) is 10.9 Å².